The minimum absolute atomic E-state index is 0.0554. The number of rotatable bonds is 3. The molecule has 3 aromatic carbocycles. The number of phenols is 1. The van der Waals surface area contributed by atoms with Crippen LogP contribution in [0.25, 0.3) is 21.8 Å². The number of hydrogen-bond acceptors (Lipinski definition) is 3. The van der Waals surface area contributed by atoms with E-state index in [1.54, 1.807) is 6.07 Å². The summed E-state index contributed by atoms with van der Waals surface area (Å²) in [7, 11) is 0. The van der Waals surface area contributed by atoms with Crippen molar-refractivity contribution < 1.29 is 5.11 Å². The molecule has 1 aliphatic carbocycles. The number of aromatic hydroxyl groups is 1. The summed E-state index contributed by atoms with van der Waals surface area (Å²) in [6, 6.07) is 23.7. The van der Waals surface area contributed by atoms with Gasteiger partial charge in [0.15, 0.2) is 0 Å². The average Bonchev–Trinajstić information content (AvgIpc) is 3.24. The molecule has 4 nitrogen and oxygen atoms in total. The molecule has 3 unspecified atom stereocenters. The lowest BCUT2D eigenvalue weighted by Crippen LogP contribution is -2.55. The van der Waals surface area contributed by atoms with Crippen molar-refractivity contribution in [1.29, 1.82) is 0 Å². The van der Waals surface area contributed by atoms with Gasteiger partial charge in [0, 0.05) is 33.8 Å². The van der Waals surface area contributed by atoms with E-state index in [4.69, 9.17) is 5.84 Å². The van der Waals surface area contributed by atoms with Crippen molar-refractivity contribution in [3.05, 3.63) is 72.3 Å². The van der Waals surface area contributed by atoms with Crippen LogP contribution in [0.2, 0.25) is 0 Å². The number of para-hydroxylation sites is 2. The van der Waals surface area contributed by atoms with Crippen LogP contribution in [0.3, 0.4) is 0 Å². The maximum Gasteiger partial charge on any atom is 0.116 e. The summed E-state index contributed by atoms with van der Waals surface area (Å²) in [5, 5.41) is 14.9. The molecule has 0 saturated heterocycles. The van der Waals surface area contributed by atoms with Gasteiger partial charge in [-0.15, -0.1) is 0 Å². The molecule has 3 atom stereocenters. The summed E-state index contributed by atoms with van der Waals surface area (Å²) < 4.78 is 2.57. The predicted molar refractivity (Wildman–Crippen MR) is 127 cm³/mol. The molecule has 3 N–H and O–H groups in total. The molecule has 6 rings (SSSR count). The highest BCUT2D eigenvalue weighted by Crippen LogP contribution is 2.58. The van der Waals surface area contributed by atoms with Gasteiger partial charge in [-0.05, 0) is 61.6 Å². The molecule has 4 heteroatoms. The van der Waals surface area contributed by atoms with Crippen LogP contribution in [-0.2, 0) is 0 Å². The third-order valence-electron chi connectivity index (χ3n) is 7.86. The highest BCUT2D eigenvalue weighted by atomic mass is 16.3. The van der Waals surface area contributed by atoms with Gasteiger partial charge in [-0.1, -0.05) is 49.7 Å². The molecule has 1 saturated carbocycles. The van der Waals surface area contributed by atoms with Crippen molar-refractivity contribution in [1.82, 2.24) is 4.57 Å². The van der Waals surface area contributed by atoms with Crippen LogP contribution in [0.5, 0.6) is 5.75 Å². The van der Waals surface area contributed by atoms with Gasteiger partial charge < -0.3 is 14.7 Å². The number of nitrogens with zero attached hydrogens (tertiary/aromatic N) is 2. The second-order valence-electron chi connectivity index (χ2n) is 9.35. The van der Waals surface area contributed by atoms with Crippen molar-refractivity contribution in [2.24, 2.45) is 5.84 Å². The number of hydrogen-bond donors (Lipinski definition) is 2. The second kappa shape index (κ2) is 6.76. The van der Waals surface area contributed by atoms with Crippen molar-refractivity contribution in [2.45, 2.75) is 56.5 Å². The first-order valence-electron chi connectivity index (χ1n) is 11.5. The third kappa shape index (κ3) is 2.51. The monoisotopic (exact) mass is 411 g/mol. The maximum atomic E-state index is 10.3. The fraction of sp³-hybridized carbons (Fsp3) is 0.333. The zero-order valence-corrected chi connectivity index (χ0v) is 18.0. The lowest BCUT2D eigenvalue weighted by Gasteiger charge is -2.47. The number of aromatic nitrogens is 1. The number of benzene rings is 3. The van der Waals surface area contributed by atoms with E-state index >= 15 is 0 Å². The first-order chi connectivity index (χ1) is 15.1. The molecule has 1 fully saturated rings. The molecule has 0 bridgehead atoms. The van der Waals surface area contributed by atoms with Gasteiger partial charge in [0.1, 0.15) is 5.75 Å². The summed E-state index contributed by atoms with van der Waals surface area (Å²) in [6.45, 7) is 2.25. The van der Waals surface area contributed by atoms with Gasteiger partial charge in [-0.25, -0.2) is 5.84 Å². The van der Waals surface area contributed by atoms with Crippen LogP contribution in [0.1, 0.15) is 56.6 Å². The Morgan fingerprint density at radius 3 is 2.35 bits per heavy atom. The van der Waals surface area contributed by atoms with Gasteiger partial charge in [0.2, 0.25) is 0 Å². The molecule has 1 aromatic heterocycles. The summed E-state index contributed by atoms with van der Waals surface area (Å²) in [5.74, 6) is 7.41. The first kappa shape index (κ1) is 18.8. The maximum absolute atomic E-state index is 10.3. The molecule has 4 aromatic rings. The fourth-order valence-corrected chi connectivity index (χ4v) is 6.62. The number of fused-ring (bicyclic) bond motifs is 6. The summed E-state index contributed by atoms with van der Waals surface area (Å²) >= 11 is 0. The second-order valence-corrected chi connectivity index (χ2v) is 9.35. The van der Waals surface area contributed by atoms with Crippen LogP contribution in [0.4, 0.5) is 5.69 Å². The van der Waals surface area contributed by atoms with E-state index in [0.29, 0.717) is 17.7 Å². The molecule has 158 valence electrons. The highest BCUT2D eigenvalue weighted by molar-refractivity contribution is 6.08. The normalized spacial score (nSPS) is 25.2. The Balaban J connectivity index is 1.51. The topological polar surface area (TPSA) is 54.4 Å². The van der Waals surface area contributed by atoms with Crippen molar-refractivity contribution in [3.8, 4) is 5.75 Å². The first-order valence-corrected chi connectivity index (χ1v) is 11.5. The number of nitrogens with two attached hydrogens (primary N) is 1. The van der Waals surface area contributed by atoms with Crippen LogP contribution in [0, 0.1) is 0 Å². The molecular formula is C27H29N3O. The van der Waals surface area contributed by atoms with Crippen LogP contribution in [0.15, 0.2) is 66.7 Å². The van der Waals surface area contributed by atoms with Gasteiger partial charge in [-0.3, -0.25) is 0 Å². The van der Waals surface area contributed by atoms with E-state index in [9.17, 15) is 5.11 Å². The standard InChI is InChI=1S/C27H29N3O/c1-2-14-27-15-13-18(16-23(27)22-17-19(31)11-12-26(22)30(27)28)29-24-9-5-3-7-20(24)21-8-4-6-10-25(21)29/h3-12,17-18,23,31H,2,13-16,28H2,1H3. The molecule has 2 heterocycles. The lowest BCUT2D eigenvalue weighted by molar-refractivity contribution is 0.193. The highest BCUT2D eigenvalue weighted by Gasteiger charge is 2.53. The van der Waals surface area contributed by atoms with Gasteiger partial charge in [-0.2, -0.15) is 0 Å². The number of hydrazine groups is 1. The van der Waals surface area contributed by atoms with E-state index < -0.39 is 0 Å². The van der Waals surface area contributed by atoms with Gasteiger partial charge >= 0.3 is 0 Å². The van der Waals surface area contributed by atoms with Crippen LogP contribution in [-0.4, -0.2) is 15.2 Å². The molecule has 1 aliphatic heterocycles. The third-order valence-corrected chi connectivity index (χ3v) is 7.86. The van der Waals surface area contributed by atoms with Gasteiger partial charge in [0.25, 0.3) is 0 Å². The molecule has 0 amide bonds. The molecule has 31 heavy (non-hydrogen) atoms. The zero-order chi connectivity index (χ0) is 21.2. The summed E-state index contributed by atoms with van der Waals surface area (Å²) in [6.07, 6.45) is 5.37. The van der Waals surface area contributed by atoms with Crippen molar-refractivity contribution in [3.63, 3.8) is 0 Å². The molecular weight excluding hydrogens is 382 g/mol. The Labute approximate surface area is 182 Å². The summed E-state index contributed by atoms with van der Waals surface area (Å²) in [5.41, 5.74) is 4.87. The molecule has 0 spiro atoms. The number of phenolic OH excluding ortho intramolecular Hbond substituents is 1. The Morgan fingerprint density at radius 2 is 1.68 bits per heavy atom. The minimum atomic E-state index is -0.0554. The van der Waals surface area contributed by atoms with Crippen LogP contribution < -0.4 is 10.9 Å². The Hall–Kier alpha value is -2.98. The molecule has 2 aliphatic rings. The van der Waals surface area contributed by atoms with E-state index in [1.165, 1.54) is 27.4 Å². The van der Waals surface area contributed by atoms with E-state index in [1.807, 2.05) is 17.1 Å². The fourth-order valence-electron chi connectivity index (χ4n) is 6.62. The van der Waals surface area contributed by atoms with E-state index in [-0.39, 0.29) is 5.54 Å². The van der Waals surface area contributed by atoms with Crippen LogP contribution >= 0.6 is 0 Å². The Morgan fingerprint density at radius 1 is 1.00 bits per heavy atom. The SMILES string of the molecule is CCCC12CCC(n3c4ccccc4c4ccccc43)CC1c1cc(O)ccc1N2N. The Bertz CT molecular complexity index is 1240. The number of anilines is 1. The Kier molecular flexibility index (Phi) is 4.09. The lowest BCUT2D eigenvalue weighted by atomic mass is 9.68. The van der Waals surface area contributed by atoms with Crippen molar-refractivity contribution in [2.75, 3.05) is 5.01 Å². The average molecular weight is 412 g/mol. The van der Waals surface area contributed by atoms with E-state index in [0.717, 1.165) is 37.8 Å². The van der Waals surface area contributed by atoms with E-state index in [2.05, 4.69) is 60.0 Å². The van der Waals surface area contributed by atoms with Gasteiger partial charge in [0.05, 0.1) is 11.2 Å². The largest absolute Gasteiger partial charge is 0.508 e. The predicted octanol–water partition coefficient (Wildman–Crippen LogP) is 6.24. The zero-order valence-electron chi connectivity index (χ0n) is 18.0. The summed E-state index contributed by atoms with van der Waals surface area (Å²) in [4.78, 5) is 0. The quantitative estimate of drug-likeness (QED) is 0.392. The minimum Gasteiger partial charge on any atom is -0.508 e. The molecule has 0 radical (unpaired) electrons. The smallest absolute Gasteiger partial charge is 0.116 e. The van der Waals surface area contributed by atoms with Crippen molar-refractivity contribution >= 4 is 27.5 Å².